The number of carbonyl (C=O) groups is 1. The lowest BCUT2D eigenvalue weighted by Crippen LogP contribution is -2.52. The minimum absolute atomic E-state index is 0.294. The molecule has 0 aromatic heterocycles. The molecule has 0 spiro atoms. The summed E-state index contributed by atoms with van der Waals surface area (Å²) in [6.07, 6.45) is 7.96. The quantitative estimate of drug-likeness (QED) is 0.747. The summed E-state index contributed by atoms with van der Waals surface area (Å²) in [5.41, 5.74) is 5.68. The Morgan fingerprint density at radius 1 is 1.04 bits per heavy atom. The first-order valence-electron chi connectivity index (χ1n) is 10.1. The van der Waals surface area contributed by atoms with Crippen LogP contribution in [0.2, 0.25) is 0 Å². The number of hydrogen-bond acceptors (Lipinski definition) is 3. The Morgan fingerprint density at radius 3 is 2.61 bits per heavy atom. The first-order valence-corrected chi connectivity index (χ1v) is 10.1. The smallest absolute Gasteiger partial charge is 0.335 e. The molecule has 0 radical (unpaired) electrons. The number of fused-ring (bicyclic) bond motifs is 5. The fourth-order valence-electron chi connectivity index (χ4n) is 5.51. The highest BCUT2D eigenvalue weighted by molar-refractivity contribution is 5.92. The van der Waals surface area contributed by atoms with Crippen LogP contribution in [0.5, 0.6) is 0 Å². The normalized spacial score (nSPS) is 24.7. The maximum Gasteiger partial charge on any atom is 0.335 e. The fraction of sp³-hybridized carbons (Fsp3) is 0.348. The Bertz CT molecular complexity index is 978. The van der Waals surface area contributed by atoms with Crippen molar-refractivity contribution in [2.75, 3.05) is 6.54 Å². The molecule has 5 heteroatoms. The van der Waals surface area contributed by atoms with Crippen LogP contribution in [0, 0.1) is 5.21 Å². The van der Waals surface area contributed by atoms with Crippen LogP contribution < -0.4 is 4.48 Å². The second-order valence-corrected chi connectivity index (χ2v) is 8.16. The van der Waals surface area contributed by atoms with Gasteiger partial charge in [-0.2, -0.15) is 0 Å². The summed E-state index contributed by atoms with van der Waals surface area (Å²) in [6, 6.07) is 14.1. The highest BCUT2D eigenvalue weighted by Crippen LogP contribution is 2.54. The lowest BCUT2D eigenvalue weighted by Gasteiger charge is -2.44. The van der Waals surface area contributed by atoms with Gasteiger partial charge in [-0.1, -0.05) is 24.6 Å². The van der Waals surface area contributed by atoms with Gasteiger partial charge in [0, 0.05) is 48.7 Å². The molecule has 1 saturated carbocycles. The predicted octanol–water partition coefficient (Wildman–Crippen LogP) is 5.02. The van der Waals surface area contributed by atoms with Crippen molar-refractivity contribution in [2.24, 2.45) is 0 Å². The molecule has 1 atom stereocenters. The summed E-state index contributed by atoms with van der Waals surface area (Å²) >= 11 is 0. The van der Waals surface area contributed by atoms with Crippen molar-refractivity contribution in [1.29, 1.82) is 0 Å². The van der Waals surface area contributed by atoms with Crippen molar-refractivity contribution in [3.05, 3.63) is 70.1 Å². The van der Waals surface area contributed by atoms with Crippen LogP contribution in [0.4, 0.5) is 11.4 Å². The molecule has 1 unspecified atom stereocenters. The molecule has 0 amide bonds. The average molecular weight is 376 g/mol. The van der Waals surface area contributed by atoms with Crippen molar-refractivity contribution >= 4 is 23.4 Å². The summed E-state index contributed by atoms with van der Waals surface area (Å²) < 4.78 is 0.601. The van der Waals surface area contributed by atoms with Crippen molar-refractivity contribution in [3.8, 4) is 0 Å². The van der Waals surface area contributed by atoms with Crippen LogP contribution in [0.25, 0.3) is 6.08 Å². The van der Waals surface area contributed by atoms with Crippen LogP contribution >= 0.6 is 0 Å². The van der Waals surface area contributed by atoms with Gasteiger partial charge in [-0.3, -0.25) is 0 Å². The molecule has 1 fully saturated rings. The fourth-order valence-corrected chi connectivity index (χ4v) is 5.51. The minimum Gasteiger partial charge on any atom is -0.785 e. The van der Waals surface area contributed by atoms with Gasteiger partial charge in [0.05, 0.1) is 12.1 Å². The summed E-state index contributed by atoms with van der Waals surface area (Å²) in [4.78, 5) is 11.5. The van der Waals surface area contributed by atoms with Crippen LogP contribution in [0.3, 0.4) is 0 Å². The molecule has 2 aromatic carbocycles. The van der Waals surface area contributed by atoms with E-state index in [-0.39, 0.29) is 0 Å². The maximum absolute atomic E-state index is 12.7. The molecule has 1 aliphatic carbocycles. The van der Waals surface area contributed by atoms with Gasteiger partial charge in [0.2, 0.25) is 0 Å². The van der Waals surface area contributed by atoms with E-state index in [2.05, 4.69) is 24.3 Å². The van der Waals surface area contributed by atoms with Gasteiger partial charge >= 0.3 is 5.97 Å². The van der Waals surface area contributed by atoms with Gasteiger partial charge in [-0.15, -0.1) is 0 Å². The van der Waals surface area contributed by atoms with Gasteiger partial charge in [0.15, 0.2) is 5.69 Å². The monoisotopic (exact) mass is 376 g/mol. The van der Waals surface area contributed by atoms with Gasteiger partial charge in [-0.25, -0.2) is 9.28 Å². The lowest BCUT2D eigenvalue weighted by molar-refractivity contribution is 0.0697. The van der Waals surface area contributed by atoms with E-state index in [9.17, 15) is 15.1 Å². The number of aromatic carboxylic acids is 1. The average Bonchev–Trinajstić information content (AvgIpc) is 2.95. The zero-order valence-corrected chi connectivity index (χ0v) is 15.8. The third-order valence-electron chi connectivity index (χ3n) is 6.61. The van der Waals surface area contributed by atoms with Crippen molar-refractivity contribution in [1.82, 2.24) is 9.55 Å². The number of quaternary nitrogens is 1. The van der Waals surface area contributed by atoms with Crippen molar-refractivity contribution < 1.29 is 9.90 Å². The molecule has 28 heavy (non-hydrogen) atoms. The topological polar surface area (TPSA) is 63.6 Å². The van der Waals surface area contributed by atoms with Crippen LogP contribution in [-0.4, -0.2) is 28.7 Å². The molecule has 0 bridgehead atoms. The largest absolute Gasteiger partial charge is 0.785 e. The number of nitrogens with zero attached hydrogens (tertiary/aromatic N) is 2. The van der Waals surface area contributed by atoms with Crippen molar-refractivity contribution in [2.45, 2.75) is 44.7 Å². The number of carboxylic acids is 1. The van der Waals surface area contributed by atoms with E-state index in [0.717, 1.165) is 40.4 Å². The van der Waals surface area contributed by atoms with Crippen LogP contribution in [0.1, 0.15) is 53.6 Å². The number of rotatable bonds is 2. The number of hydrogen-bond donors (Lipinski definition) is 1. The molecular formula is C23H24N2O3. The first-order chi connectivity index (χ1) is 13.6. The summed E-state index contributed by atoms with van der Waals surface area (Å²) in [6.45, 7) is 0.741. The maximum atomic E-state index is 12.7. The van der Waals surface area contributed by atoms with E-state index in [1.807, 2.05) is 12.1 Å². The van der Waals surface area contributed by atoms with E-state index in [0.29, 0.717) is 29.2 Å². The van der Waals surface area contributed by atoms with E-state index in [4.69, 9.17) is 0 Å². The zero-order chi connectivity index (χ0) is 19.3. The molecule has 0 saturated heterocycles. The molecule has 5 nitrogen and oxygen atoms in total. The number of carboxylic acid groups (broad SMARTS) is 1. The molecule has 144 valence electrons. The minimum atomic E-state index is -0.918. The van der Waals surface area contributed by atoms with Gasteiger partial charge in [0.25, 0.3) is 0 Å². The lowest BCUT2D eigenvalue weighted by atomic mass is 9.89. The SMILES string of the molecule is O=C(O)c1ccc2c(c1)C=C1CN([O-])Cc3ccccc3[N+]12C1CCCCC1. The third-order valence-corrected chi connectivity index (χ3v) is 6.61. The van der Waals surface area contributed by atoms with Crippen molar-refractivity contribution in [3.63, 3.8) is 0 Å². The molecule has 2 aromatic rings. The summed E-state index contributed by atoms with van der Waals surface area (Å²) in [5, 5.41) is 23.3. The number of benzene rings is 2. The first kappa shape index (κ1) is 17.6. The number of para-hydroxylation sites is 1. The van der Waals surface area contributed by atoms with Crippen LogP contribution in [-0.2, 0) is 6.54 Å². The Kier molecular flexibility index (Phi) is 4.12. The molecule has 3 aliphatic rings. The van der Waals surface area contributed by atoms with Gasteiger partial charge < -0.3 is 15.4 Å². The van der Waals surface area contributed by atoms with E-state index in [1.165, 1.54) is 24.9 Å². The Labute approximate surface area is 164 Å². The standard InChI is InChI=1S/C23H24N2O3/c26-23(27)16-10-11-22-18(12-16)13-20-15-24(28)14-17-6-4-5-9-21(17)25(20,22)19-7-2-1-3-8-19/h4-6,9-13,19H,1-3,7-8,14-15H2,(H,26,27). The Balaban J connectivity index is 1.80. The van der Waals surface area contributed by atoms with E-state index < -0.39 is 5.97 Å². The number of hydroxylamine groups is 2. The Hall–Kier alpha value is -2.47. The molecule has 5 rings (SSSR count). The van der Waals surface area contributed by atoms with Crippen LogP contribution in [0.15, 0.2) is 48.2 Å². The molecule has 2 heterocycles. The second-order valence-electron chi connectivity index (χ2n) is 8.16. The third kappa shape index (κ3) is 2.47. The molecule has 2 aliphatic heterocycles. The zero-order valence-electron chi connectivity index (χ0n) is 15.8. The van der Waals surface area contributed by atoms with E-state index in [1.54, 1.807) is 12.1 Å². The molecule has 1 N–H and O–H groups in total. The highest BCUT2D eigenvalue weighted by Gasteiger charge is 2.51. The summed E-state index contributed by atoms with van der Waals surface area (Å²) in [5.74, 6) is -0.918. The highest BCUT2D eigenvalue weighted by atomic mass is 16.5. The summed E-state index contributed by atoms with van der Waals surface area (Å²) in [7, 11) is 0. The Morgan fingerprint density at radius 2 is 1.82 bits per heavy atom. The van der Waals surface area contributed by atoms with Gasteiger partial charge in [0.1, 0.15) is 17.4 Å². The predicted molar refractivity (Wildman–Crippen MR) is 110 cm³/mol. The second kappa shape index (κ2) is 6.55. The molecular weight excluding hydrogens is 352 g/mol. The van der Waals surface area contributed by atoms with E-state index >= 15 is 0 Å². The van der Waals surface area contributed by atoms with Gasteiger partial charge in [-0.05, 0) is 25.0 Å².